The molecule has 2 aliphatic rings. The van der Waals surface area contributed by atoms with Crippen molar-refractivity contribution in [2.24, 2.45) is 0 Å². The van der Waals surface area contributed by atoms with Crippen molar-refractivity contribution in [3.05, 3.63) is 59.2 Å². The van der Waals surface area contributed by atoms with Crippen LogP contribution in [0.4, 0.5) is 0 Å². The normalized spacial score (nSPS) is 20.2. The quantitative estimate of drug-likeness (QED) is 0.280. The van der Waals surface area contributed by atoms with Gasteiger partial charge in [-0.2, -0.15) is 4.31 Å². The fraction of sp³-hybridized carbons (Fsp3) is 0.407. The fourth-order valence-corrected chi connectivity index (χ4v) is 6.33. The number of amides is 1. The molecule has 204 valence electrons. The molecule has 0 spiro atoms. The lowest BCUT2D eigenvalue weighted by Gasteiger charge is -2.26. The minimum absolute atomic E-state index is 0.0837. The van der Waals surface area contributed by atoms with Gasteiger partial charge in [0.1, 0.15) is 5.76 Å². The number of aliphatic hydroxyl groups is 1. The number of benzene rings is 2. The second-order valence-corrected chi connectivity index (χ2v) is 11.1. The van der Waals surface area contributed by atoms with Crippen LogP contribution in [0.5, 0.6) is 11.5 Å². The van der Waals surface area contributed by atoms with E-state index in [1.807, 2.05) is 0 Å². The van der Waals surface area contributed by atoms with Crippen molar-refractivity contribution in [2.75, 3.05) is 40.0 Å². The van der Waals surface area contributed by atoms with E-state index in [4.69, 9.17) is 9.47 Å². The van der Waals surface area contributed by atoms with Gasteiger partial charge in [-0.15, -0.1) is 0 Å². The molecule has 2 N–H and O–H groups in total. The van der Waals surface area contributed by atoms with Crippen LogP contribution in [0.15, 0.2) is 52.9 Å². The summed E-state index contributed by atoms with van der Waals surface area (Å²) in [7, 11) is -2.20. The second kappa shape index (κ2) is 11.5. The van der Waals surface area contributed by atoms with Crippen molar-refractivity contribution in [2.45, 2.75) is 37.1 Å². The van der Waals surface area contributed by atoms with Gasteiger partial charge in [0.15, 0.2) is 11.5 Å². The summed E-state index contributed by atoms with van der Waals surface area (Å²) in [5.41, 5.74) is 0.499. The lowest BCUT2D eigenvalue weighted by molar-refractivity contribution is -0.140. The number of rotatable bonds is 9. The van der Waals surface area contributed by atoms with E-state index in [0.717, 1.165) is 19.3 Å². The number of phenols is 1. The predicted molar refractivity (Wildman–Crippen MR) is 139 cm³/mol. The SMILES string of the molecule is CCOc1cc([C@H]2C(=C(O)c3ccc(S(=O)(=O)N4CCCCC4)cc3)C(=O)C(=O)N2CCOC)ccc1O. The summed E-state index contributed by atoms with van der Waals surface area (Å²) in [6.07, 6.45) is 2.61. The van der Waals surface area contributed by atoms with Crippen LogP contribution in [0, 0.1) is 0 Å². The molecule has 2 aromatic rings. The molecule has 4 rings (SSSR count). The molecule has 2 aliphatic heterocycles. The molecule has 11 heteroatoms. The number of likely N-dealkylation sites (tertiary alicyclic amines) is 1. The molecule has 2 saturated heterocycles. The molecule has 2 heterocycles. The molecule has 0 unspecified atom stereocenters. The molecule has 0 radical (unpaired) electrons. The van der Waals surface area contributed by atoms with Crippen LogP contribution in [-0.4, -0.2) is 79.5 Å². The van der Waals surface area contributed by atoms with Gasteiger partial charge >= 0.3 is 0 Å². The van der Waals surface area contributed by atoms with E-state index in [9.17, 15) is 28.2 Å². The molecule has 2 fully saturated rings. The van der Waals surface area contributed by atoms with Gasteiger partial charge in [-0.05, 0) is 61.7 Å². The van der Waals surface area contributed by atoms with E-state index in [1.54, 1.807) is 13.0 Å². The number of sulfonamides is 1. The Morgan fingerprint density at radius 3 is 2.37 bits per heavy atom. The van der Waals surface area contributed by atoms with Gasteiger partial charge in [-0.25, -0.2) is 8.42 Å². The minimum Gasteiger partial charge on any atom is -0.507 e. The summed E-state index contributed by atoms with van der Waals surface area (Å²) in [5.74, 6) is -2.03. The van der Waals surface area contributed by atoms with E-state index in [-0.39, 0.29) is 47.3 Å². The lowest BCUT2D eigenvalue weighted by Crippen LogP contribution is -2.35. The Kier molecular flexibility index (Phi) is 8.39. The van der Waals surface area contributed by atoms with E-state index in [1.165, 1.54) is 52.7 Å². The van der Waals surface area contributed by atoms with Crippen LogP contribution in [0.2, 0.25) is 0 Å². The fourth-order valence-electron chi connectivity index (χ4n) is 4.81. The topological polar surface area (TPSA) is 134 Å². The van der Waals surface area contributed by atoms with Crippen molar-refractivity contribution in [3.63, 3.8) is 0 Å². The summed E-state index contributed by atoms with van der Waals surface area (Å²) in [5, 5.41) is 21.4. The van der Waals surface area contributed by atoms with Crippen molar-refractivity contribution in [3.8, 4) is 11.5 Å². The molecule has 1 atom stereocenters. The standard InChI is InChI=1S/C27H32N2O8S/c1-3-37-22-17-19(9-12-21(22)30)24-23(26(32)27(33)29(24)15-16-36-2)25(31)18-7-10-20(11-8-18)38(34,35)28-13-5-4-6-14-28/h7-12,17,24,30-31H,3-6,13-16H2,1-2H3/t24-/m0/s1. The first kappa shape index (κ1) is 27.6. The van der Waals surface area contributed by atoms with Crippen molar-refractivity contribution in [1.29, 1.82) is 0 Å². The maximum absolute atomic E-state index is 13.2. The second-order valence-electron chi connectivity index (χ2n) is 9.13. The number of Topliss-reactive ketones (excluding diaryl/α,β-unsaturated/α-hetero) is 1. The Balaban J connectivity index is 1.76. The maximum Gasteiger partial charge on any atom is 0.295 e. The monoisotopic (exact) mass is 544 g/mol. The molecule has 0 bridgehead atoms. The van der Waals surface area contributed by atoms with Gasteiger partial charge in [0, 0.05) is 32.3 Å². The average Bonchev–Trinajstić information content (AvgIpc) is 3.18. The third kappa shape index (κ3) is 5.27. The summed E-state index contributed by atoms with van der Waals surface area (Å²) in [6.45, 7) is 3.21. The Morgan fingerprint density at radius 2 is 1.74 bits per heavy atom. The summed E-state index contributed by atoms with van der Waals surface area (Å²) >= 11 is 0. The third-order valence-corrected chi connectivity index (χ3v) is 8.67. The van der Waals surface area contributed by atoms with E-state index in [0.29, 0.717) is 18.7 Å². The summed E-state index contributed by atoms with van der Waals surface area (Å²) in [6, 6.07) is 9.14. The molecular formula is C27H32N2O8S. The number of carbonyl (C=O) groups excluding carboxylic acids is 2. The predicted octanol–water partition coefficient (Wildman–Crippen LogP) is 3.03. The van der Waals surface area contributed by atoms with Gasteiger partial charge in [0.05, 0.1) is 29.7 Å². The highest BCUT2D eigenvalue weighted by Crippen LogP contribution is 2.41. The Morgan fingerprint density at radius 1 is 1.05 bits per heavy atom. The zero-order valence-corrected chi connectivity index (χ0v) is 22.2. The number of piperidine rings is 1. The van der Waals surface area contributed by atoms with Gasteiger partial charge in [-0.3, -0.25) is 9.59 Å². The first-order valence-corrected chi connectivity index (χ1v) is 14.0. The number of ether oxygens (including phenoxy) is 2. The number of aromatic hydroxyl groups is 1. The van der Waals surface area contributed by atoms with Crippen molar-refractivity contribution >= 4 is 27.5 Å². The van der Waals surface area contributed by atoms with Crippen LogP contribution >= 0.6 is 0 Å². The van der Waals surface area contributed by atoms with Crippen LogP contribution in [0.1, 0.15) is 43.4 Å². The highest BCUT2D eigenvalue weighted by atomic mass is 32.2. The van der Waals surface area contributed by atoms with E-state index < -0.39 is 33.5 Å². The zero-order valence-electron chi connectivity index (χ0n) is 21.4. The lowest BCUT2D eigenvalue weighted by atomic mass is 9.95. The van der Waals surface area contributed by atoms with E-state index in [2.05, 4.69) is 0 Å². The van der Waals surface area contributed by atoms with Gasteiger partial charge in [-0.1, -0.05) is 12.5 Å². The van der Waals surface area contributed by atoms with Gasteiger partial charge in [0.2, 0.25) is 10.0 Å². The summed E-state index contributed by atoms with van der Waals surface area (Å²) < 4.78 is 38.1. The molecule has 38 heavy (non-hydrogen) atoms. The largest absolute Gasteiger partial charge is 0.507 e. The Labute approximate surface area is 222 Å². The number of phenolic OH excluding ortho intramolecular Hbond substituents is 1. The number of aliphatic hydroxyl groups excluding tert-OH is 1. The van der Waals surface area contributed by atoms with Gasteiger partial charge < -0.3 is 24.6 Å². The first-order chi connectivity index (χ1) is 18.2. The van der Waals surface area contributed by atoms with Crippen LogP contribution in [0.25, 0.3) is 5.76 Å². The average molecular weight is 545 g/mol. The molecule has 0 aliphatic carbocycles. The number of methoxy groups -OCH3 is 1. The summed E-state index contributed by atoms with van der Waals surface area (Å²) in [4.78, 5) is 27.5. The maximum atomic E-state index is 13.2. The van der Waals surface area contributed by atoms with E-state index >= 15 is 0 Å². The number of hydrogen-bond donors (Lipinski definition) is 2. The number of ketones is 1. The molecular weight excluding hydrogens is 512 g/mol. The molecule has 1 amide bonds. The highest BCUT2D eigenvalue weighted by Gasteiger charge is 2.46. The Hall–Kier alpha value is -3.41. The number of carbonyl (C=O) groups is 2. The first-order valence-electron chi connectivity index (χ1n) is 12.5. The van der Waals surface area contributed by atoms with Crippen LogP contribution < -0.4 is 4.74 Å². The molecule has 0 saturated carbocycles. The molecule has 10 nitrogen and oxygen atoms in total. The van der Waals surface area contributed by atoms with Crippen molar-refractivity contribution < 1.29 is 37.7 Å². The van der Waals surface area contributed by atoms with Crippen LogP contribution in [-0.2, 0) is 24.3 Å². The third-order valence-electron chi connectivity index (χ3n) is 6.76. The number of hydrogen-bond acceptors (Lipinski definition) is 8. The minimum atomic E-state index is -3.68. The molecule has 0 aromatic heterocycles. The van der Waals surface area contributed by atoms with Gasteiger partial charge in [0.25, 0.3) is 11.7 Å². The molecule has 2 aromatic carbocycles. The highest BCUT2D eigenvalue weighted by molar-refractivity contribution is 7.89. The number of nitrogens with zero attached hydrogens (tertiary/aromatic N) is 2. The smallest absolute Gasteiger partial charge is 0.295 e. The zero-order chi connectivity index (χ0) is 27.4. The Bertz CT molecular complexity index is 1330. The van der Waals surface area contributed by atoms with Crippen LogP contribution in [0.3, 0.4) is 0 Å². The van der Waals surface area contributed by atoms with Crippen molar-refractivity contribution in [1.82, 2.24) is 9.21 Å².